The van der Waals surface area contributed by atoms with Crippen LogP contribution in [0.1, 0.15) is 17.8 Å². The first-order valence-electron chi connectivity index (χ1n) is 7.86. The fraction of sp³-hybridized carbons (Fsp3) is 0.438. The largest absolute Gasteiger partial charge is 0.496 e. The summed E-state index contributed by atoms with van der Waals surface area (Å²) in [6, 6.07) is 5.88. The maximum atomic E-state index is 6.00. The van der Waals surface area contributed by atoms with Crippen molar-refractivity contribution in [3.8, 4) is 5.75 Å². The van der Waals surface area contributed by atoms with Crippen molar-refractivity contribution in [3.05, 3.63) is 40.9 Å². The van der Waals surface area contributed by atoms with Crippen molar-refractivity contribution in [2.45, 2.75) is 32.0 Å². The van der Waals surface area contributed by atoms with Gasteiger partial charge in [-0.1, -0.05) is 17.7 Å². The van der Waals surface area contributed by atoms with E-state index in [4.69, 9.17) is 16.3 Å². The van der Waals surface area contributed by atoms with E-state index in [1.54, 1.807) is 20.5 Å². The molecule has 1 aromatic carbocycles. The van der Waals surface area contributed by atoms with E-state index in [0.717, 1.165) is 42.5 Å². The van der Waals surface area contributed by atoms with Crippen LogP contribution in [0, 0.1) is 0 Å². The topological polar surface area (TPSA) is 76.4 Å². The van der Waals surface area contributed by atoms with Gasteiger partial charge in [-0.25, -0.2) is 9.67 Å². The van der Waals surface area contributed by atoms with Crippen LogP contribution in [-0.4, -0.2) is 40.9 Å². The van der Waals surface area contributed by atoms with Gasteiger partial charge in [-0.3, -0.25) is 4.99 Å². The van der Waals surface area contributed by atoms with Crippen LogP contribution in [0.25, 0.3) is 0 Å². The van der Waals surface area contributed by atoms with Crippen LogP contribution in [0.4, 0.5) is 0 Å². The van der Waals surface area contributed by atoms with Gasteiger partial charge in [-0.15, -0.1) is 0 Å². The number of aromatic nitrogens is 3. The highest BCUT2D eigenvalue weighted by molar-refractivity contribution is 6.30. The number of hydrogen-bond acceptors (Lipinski definition) is 4. The summed E-state index contributed by atoms with van der Waals surface area (Å²) < 4.78 is 7.31. The number of aliphatic imine (C=N–C) groups is 1. The lowest BCUT2D eigenvalue weighted by molar-refractivity contribution is 0.392. The molecule has 24 heavy (non-hydrogen) atoms. The number of hydrogen-bond donors (Lipinski definition) is 2. The van der Waals surface area contributed by atoms with Crippen LogP contribution in [0.5, 0.6) is 5.75 Å². The minimum atomic E-state index is 0.275. The fourth-order valence-corrected chi connectivity index (χ4v) is 2.95. The van der Waals surface area contributed by atoms with Crippen LogP contribution in [0.3, 0.4) is 0 Å². The van der Waals surface area contributed by atoms with Crippen molar-refractivity contribution < 1.29 is 4.74 Å². The number of nitrogens with one attached hydrogen (secondary N) is 2. The third kappa shape index (κ3) is 3.79. The Bertz CT molecular complexity index is 729. The summed E-state index contributed by atoms with van der Waals surface area (Å²) in [5.74, 6) is 2.55. The van der Waals surface area contributed by atoms with Gasteiger partial charge in [0, 0.05) is 36.6 Å². The van der Waals surface area contributed by atoms with Crippen LogP contribution in [0.15, 0.2) is 29.5 Å². The lowest BCUT2D eigenvalue weighted by Crippen LogP contribution is -2.46. The average molecular weight is 349 g/mol. The van der Waals surface area contributed by atoms with E-state index in [9.17, 15) is 0 Å². The zero-order valence-electron chi connectivity index (χ0n) is 13.8. The van der Waals surface area contributed by atoms with Crippen molar-refractivity contribution in [3.63, 3.8) is 0 Å². The number of nitrogens with zero attached hydrogens (tertiary/aromatic N) is 4. The zero-order valence-corrected chi connectivity index (χ0v) is 14.5. The van der Waals surface area contributed by atoms with Crippen molar-refractivity contribution in [1.29, 1.82) is 0 Å². The number of halogens is 1. The quantitative estimate of drug-likeness (QED) is 0.648. The summed E-state index contributed by atoms with van der Waals surface area (Å²) in [5, 5.41) is 11.7. The van der Waals surface area contributed by atoms with Gasteiger partial charge < -0.3 is 15.4 Å². The molecule has 7 nitrogen and oxygen atoms in total. The SMILES string of the molecule is CN=C(NCc1ccc(Cl)cc1OC)NC1CCc2ncnn2C1. The number of benzene rings is 1. The van der Waals surface area contributed by atoms with Crippen LogP contribution in [0.2, 0.25) is 5.02 Å². The fourth-order valence-electron chi connectivity index (χ4n) is 2.79. The lowest BCUT2D eigenvalue weighted by Gasteiger charge is -2.25. The highest BCUT2D eigenvalue weighted by Crippen LogP contribution is 2.22. The molecular formula is C16H21ClN6O. The molecule has 1 aliphatic rings. The first-order valence-corrected chi connectivity index (χ1v) is 8.23. The summed E-state index contributed by atoms with van der Waals surface area (Å²) in [4.78, 5) is 8.54. The van der Waals surface area contributed by atoms with Crippen LogP contribution in [-0.2, 0) is 19.5 Å². The van der Waals surface area contributed by atoms with E-state index in [2.05, 4.69) is 25.7 Å². The Balaban J connectivity index is 1.58. The molecular weight excluding hydrogens is 328 g/mol. The van der Waals surface area contributed by atoms with Gasteiger partial charge in [0.15, 0.2) is 5.96 Å². The van der Waals surface area contributed by atoms with Gasteiger partial charge in [-0.05, 0) is 18.6 Å². The lowest BCUT2D eigenvalue weighted by atomic mass is 10.1. The molecule has 0 saturated heterocycles. The minimum Gasteiger partial charge on any atom is -0.496 e. The van der Waals surface area contributed by atoms with Gasteiger partial charge in [0.2, 0.25) is 0 Å². The molecule has 1 aromatic heterocycles. The second-order valence-corrected chi connectivity index (χ2v) is 6.06. The Morgan fingerprint density at radius 1 is 1.50 bits per heavy atom. The molecule has 0 aliphatic carbocycles. The Kier molecular flexibility index (Phi) is 5.20. The molecule has 8 heteroatoms. The predicted octanol–water partition coefficient (Wildman–Crippen LogP) is 1.62. The molecule has 2 aromatic rings. The van der Waals surface area contributed by atoms with E-state index >= 15 is 0 Å². The van der Waals surface area contributed by atoms with Gasteiger partial charge in [0.25, 0.3) is 0 Å². The molecule has 1 aliphatic heterocycles. The Morgan fingerprint density at radius 3 is 3.17 bits per heavy atom. The van der Waals surface area contributed by atoms with E-state index in [1.807, 2.05) is 22.9 Å². The Morgan fingerprint density at radius 2 is 2.38 bits per heavy atom. The molecule has 0 saturated carbocycles. The number of fused-ring (bicyclic) bond motifs is 1. The second kappa shape index (κ2) is 7.53. The molecule has 0 spiro atoms. The monoisotopic (exact) mass is 348 g/mol. The molecule has 0 fully saturated rings. The van der Waals surface area contributed by atoms with Crippen molar-refractivity contribution in [2.24, 2.45) is 4.99 Å². The molecule has 1 unspecified atom stereocenters. The number of methoxy groups -OCH3 is 1. The highest BCUT2D eigenvalue weighted by Gasteiger charge is 2.20. The maximum absolute atomic E-state index is 6.00. The summed E-state index contributed by atoms with van der Waals surface area (Å²) >= 11 is 6.00. The van der Waals surface area contributed by atoms with Gasteiger partial charge >= 0.3 is 0 Å². The van der Waals surface area contributed by atoms with Crippen LogP contribution < -0.4 is 15.4 Å². The van der Waals surface area contributed by atoms with Gasteiger partial charge in [-0.2, -0.15) is 5.10 Å². The Labute approximate surface area is 146 Å². The van der Waals surface area contributed by atoms with Gasteiger partial charge in [0.05, 0.1) is 13.7 Å². The summed E-state index contributed by atoms with van der Waals surface area (Å²) in [6.07, 6.45) is 3.53. The molecule has 1 atom stereocenters. The van der Waals surface area contributed by atoms with Crippen molar-refractivity contribution in [2.75, 3.05) is 14.2 Å². The highest BCUT2D eigenvalue weighted by atomic mass is 35.5. The summed E-state index contributed by atoms with van der Waals surface area (Å²) in [7, 11) is 3.40. The smallest absolute Gasteiger partial charge is 0.191 e. The number of guanidine groups is 1. The second-order valence-electron chi connectivity index (χ2n) is 5.62. The molecule has 0 bridgehead atoms. The first kappa shape index (κ1) is 16.6. The molecule has 0 radical (unpaired) electrons. The van der Waals surface area contributed by atoms with E-state index in [-0.39, 0.29) is 6.04 Å². The molecule has 2 heterocycles. The third-order valence-corrected chi connectivity index (χ3v) is 4.30. The number of aryl methyl sites for hydroxylation is 1. The average Bonchev–Trinajstić information content (AvgIpc) is 3.07. The van der Waals surface area contributed by atoms with E-state index < -0.39 is 0 Å². The molecule has 128 valence electrons. The summed E-state index contributed by atoms with van der Waals surface area (Å²) in [6.45, 7) is 1.39. The van der Waals surface area contributed by atoms with E-state index in [0.29, 0.717) is 11.6 Å². The standard InChI is InChI=1S/C16H21ClN6O/c1-18-16(19-8-11-3-4-12(17)7-14(11)24-2)22-13-5-6-15-20-10-21-23(15)9-13/h3-4,7,10,13H,5-6,8-9H2,1-2H3,(H2,18,19,22). The third-order valence-electron chi connectivity index (χ3n) is 4.07. The molecule has 3 rings (SSSR count). The van der Waals surface area contributed by atoms with Crippen molar-refractivity contribution >= 4 is 17.6 Å². The summed E-state index contributed by atoms with van der Waals surface area (Å²) in [5.41, 5.74) is 1.02. The Hall–Kier alpha value is -2.28. The normalized spacial score (nSPS) is 17.3. The first-order chi connectivity index (χ1) is 11.7. The number of ether oxygens (including phenoxy) is 1. The van der Waals surface area contributed by atoms with Gasteiger partial charge in [0.1, 0.15) is 17.9 Å². The molecule has 0 amide bonds. The van der Waals surface area contributed by atoms with Crippen LogP contribution >= 0.6 is 11.6 Å². The van der Waals surface area contributed by atoms with E-state index in [1.165, 1.54) is 0 Å². The maximum Gasteiger partial charge on any atom is 0.191 e. The minimum absolute atomic E-state index is 0.275. The van der Waals surface area contributed by atoms with Crippen molar-refractivity contribution in [1.82, 2.24) is 25.4 Å². The zero-order chi connectivity index (χ0) is 16.9. The predicted molar refractivity (Wildman–Crippen MR) is 93.5 cm³/mol. The number of rotatable bonds is 4. The molecule has 2 N–H and O–H groups in total.